The van der Waals surface area contributed by atoms with Gasteiger partial charge in [-0.2, -0.15) is 5.26 Å². The Bertz CT molecular complexity index is 420. The van der Waals surface area contributed by atoms with Crippen LogP contribution >= 0.6 is 0 Å². The van der Waals surface area contributed by atoms with E-state index in [1.54, 1.807) is 31.2 Å². The number of carboxylic acids is 1. The summed E-state index contributed by atoms with van der Waals surface area (Å²) in [5.41, 5.74) is 0.276. The van der Waals surface area contributed by atoms with Crippen LogP contribution in [0.1, 0.15) is 25.8 Å². The highest BCUT2D eigenvalue weighted by Gasteiger charge is 2.30. The number of hydrogen-bond acceptors (Lipinski definition) is 3. The molecule has 0 radical (unpaired) electrons. The third-order valence-corrected chi connectivity index (χ3v) is 2.61. The molecule has 1 unspecified atom stereocenters. The molecule has 16 heavy (non-hydrogen) atoms. The van der Waals surface area contributed by atoms with Crippen LogP contribution < -0.4 is 5.32 Å². The number of aliphatic carboxylic acids is 1. The van der Waals surface area contributed by atoms with Crippen LogP contribution in [0.15, 0.2) is 24.3 Å². The van der Waals surface area contributed by atoms with E-state index in [0.29, 0.717) is 17.7 Å². The maximum Gasteiger partial charge on any atom is 0.329 e. The highest BCUT2D eigenvalue weighted by atomic mass is 16.4. The van der Waals surface area contributed by atoms with Crippen LogP contribution in [0, 0.1) is 11.3 Å². The molecule has 0 saturated heterocycles. The van der Waals surface area contributed by atoms with Crippen LogP contribution in [-0.2, 0) is 4.79 Å². The fourth-order valence-corrected chi connectivity index (χ4v) is 1.24. The highest BCUT2D eigenvalue weighted by molar-refractivity contribution is 5.82. The minimum absolute atomic E-state index is 0.475. The van der Waals surface area contributed by atoms with E-state index in [9.17, 15) is 4.79 Å². The number of rotatable bonds is 4. The van der Waals surface area contributed by atoms with E-state index in [2.05, 4.69) is 5.32 Å². The van der Waals surface area contributed by atoms with E-state index in [0.717, 1.165) is 0 Å². The first-order chi connectivity index (χ1) is 7.51. The Labute approximate surface area is 94.5 Å². The van der Waals surface area contributed by atoms with Crippen molar-refractivity contribution in [3.63, 3.8) is 0 Å². The van der Waals surface area contributed by atoms with Crippen LogP contribution in [0.2, 0.25) is 0 Å². The van der Waals surface area contributed by atoms with Gasteiger partial charge < -0.3 is 10.4 Å². The van der Waals surface area contributed by atoms with Crippen molar-refractivity contribution in [2.45, 2.75) is 25.8 Å². The number of benzene rings is 1. The lowest BCUT2D eigenvalue weighted by atomic mass is 9.98. The van der Waals surface area contributed by atoms with Gasteiger partial charge in [0.05, 0.1) is 11.6 Å². The molecule has 1 atom stereocenters. The average Bonchev–Trinajstić information content (AvgIpc) is 2.29. The number of carbonyl (C=O) groups is 1. The lowest BCUT2D eigenvalue weighted by Crippen LogP contribution is -2.42. The minimum atomic E-state index is -0.978. The maximum absolute atomic E-state index is 11.1. The number of anilines is 1. The molecule has 4 heteroatoms. The van der Waals surface area contributed by atoms with Crippen molar-refractivity contribution in [1.29, 1.82) is 5.26 Å². The molecule has 0 bridgehead atoms. The van der Waals surface area contributed by atoms with Gasteiger partial charge in [0.15, 0.2) is 0 Å². The molecule has 0 fully saturated rings. The SMILES string of the molecule is CCC(C)(Nc1ccc(C#N)cc1)C(=O)O. The van der Waals surface area contributed by atoms with Crippen LogP contribution in [0.4, 0.5) is 5.69 Å². The zero-order valence-electron chi connectivity index (χ0n) is 9.32. The monoisotopic (exact) mass is 218 g/mol. The molecular weight excluding hydrogens is 204 g/mol. The van der Waals surface area contributed by atoms with Gasteiger partial charge in [0.25, 0.3) is 0 Å². The van der Waals surface area contributed by atoms with Crippen molar-refractivity contribution in [1.82, 2.24) is 0 Å². The standard InChI is InChI=1S/C12H14N2O2/c1-3-12(2,11(15)16)14-10-6-4-9(8-13)5-7-10/h4-7,14H,3H2,1-2H3,(H,15,16). The summed E-state index contributed by atoms with van der Waals surface area (Å²) in [6, 6.07) is 8.72. The van der Waals surface area contributed by atoms with E-state index in [1.807, 2.05) is 13.0 Å². The highest BCUT2D eigenvalue weighted by Crippen LogP contribution is 2.19. The van der Waals surface area contributed by atoms with Crippen LogP contribution in [-0.4, -0.2) is 16.6 Å². The molecule has 0 spiro atoms. The minimum Gasteiger partial charge on any atom is -0.480 e. The second kappa shape index (κ2) is 4.67. The van der Waals surface area contributed by atoms with Gasteiger partial charge >= 0.3 is 5.97 Å². The molecule has 4 nitrogen and oxygen atoms in total. The quantitative estimate of drug-likeness (QED) is 0.812. The first-order valence-corrected chi connectivity index (χ1v) is 5.03. The molecule has 0 saturated carbocycles. The Balaban J connectivity index is 2.87. The number of nitrogens with zero attached hydrogens (tertiary/aromatic N) is 1. The molecule has 1 aromatic rings. The average molecular weight is 218 g/mol. The first-order valence-electron chi connectivity index (χ1n) is 5.03. The van der Waals surface area contributed by atoms with E-state index >= 15 is 0 Å². The summed E-state index contributed by atoms with van der Waals surface area (Å²) in [7, 11) is 0. The molecule has 2 N–H and O–H groups in total. The fraction of sp³-hybridized carbons (Fsp3) is 0.333. The molecule has 84 valence electrons. The van der Waals surface area contributed by atoms with Crippen molar-refractivity contribution in [3.05, 3.63) is 29.8 Å². The molecule has 0 aliphatic carbocycles. The van der Waals surface area contributed by atoms with E-state index < -0.39 is 11.5 Å². The smallest absolute Gasteiger partial charge is 0.329 e. The Morgan fingerprint density at radius 3 is 2.44 bits per heavy atom. The number of nitrogens with one attached hydrogen (secondary N) is 1. The Hall–Kier alpha value is -2.02. The third-order valence-electron chi connectivity index (χ3n) is 2.61. The zero-order valence-corrected chi connectivity index (χ0v) is 9.32. The van der Waals surface area contributed by atoms with E-state index in [-0.39, 0.29) is 0 Å². The van der Waals surface area contributed by atoms with Gasteiger partial charge in [0.1, 0.15) is 5.54 Å². The first kappa shape index (κ1) is 12.1. The fourth-order valence-electron chi connectivity index (χ4n) is 1.24. The summed E-state index contributed by atoms with van der Waals surface area (Å²) >= 11 is 0. The Morgan fingerprint density at radius 1 is 1.50 bits per heavy atom. The summed E-state index contributed by atoms with van der Waals surface area (Å²) in [5, 5.41) is 20.7. The molecule has 0 aliphatic rings. The predicted octanol–water partition coefficient (Wildman–Crippen LogP) is 2.22. The summed E-state index contributed by atoms with van der Waals surface area (Å²) in [4.78, 5) is 11.1. The van der Waals surface area contributed by atoms with Crippen LogP contribution in [0.5, 0.6) is 0 Å². The second-order valence-corrected chi connectivity index (χ2v) is 3.80. The van der Waals surface area contributed by atoms with Gasteiger partial charge in [-0.15, -0.1) is 0 Å². The molecule has 0 aliphatic heterocycles. The Kier molecular flexibility index (Phi) is 3.51. The topological polar surface area (TPSA) is 73.1 Å². The maximum atomic E-state index is 11.1. The second-order valence-electron chi connectivity index (χ2n) is 3.80. The van der Waals surface area contributed by atoms with Crippen molar-refractivity contribution < 1.29 is 9.90 Å². The molecular formula is C12H14N2O2. The van der Waals surface area contributed by atoms with Crippen LogP contribution in [0.25, 0.3) is 0 Å². The third kappa shape index (κ3) is 2.51. The van der Waals surface area contributed by atoms with Gasteiger partial charge in [0, 0.05) is 5.69 Å². The van der Waals surface area contributed by atoms with Crippen molar-refractivity contribution in [3.8, 4) is 6.07 Å². The normalized spacial score (nSPS) is 13.6. The van der Waals surface area contributed by atoms with Crippen molar-refractivity contribution in [2.75, 3.05) is 5.32 Å². The van der Waals surface area contributed by atoms with Gasteiger partial charge in [-0.05, 0) is 37.6 Å². The lowest BCUT2D eigenvalue weighted by Gasteiger charge is -2.25. The van der Waals surface area contributed by atoms with E-state index in [1.165, 1.54) is 0 Å². The summed E-state index contributed by atoms with van der Waals surface area (Å²) < 4.78 is 0. The van der Waals surface area contributed by atoms with Gasteiger partial charge in [-0.3, -0.25) is 0 Å². The number of nitriles is 1. The molecule has 1 aromatic carbocycles. The van der Waals surface area contributed by atoms with Gasteiger partial charge in [0.2, 0.25) is 0 Å². The molecule has 1 rings (SSSR count). The molecule has 0 heterocycles. The largest absolute Gasteiger partial charge is 0.480 e. The summed E-state index contributed by atoms with van der Waals surface area (Å²) in [5.74, 6) is -0.889. The van der Waals surface area contributed by atoms with Crippen LogP contribution in [0.3, 0.4) is 0 Å². The predicted molar refractivity (Wildman–Crippen MR) is 61.1 cm³/mol. The number of carboxylic acid groups (broad SMARTS) is 1. The van der Waals surface area contributed by atoms with Crippen molar-refractivity contribution >= 4 is 11.7 Å². The van der Waals surface area contributed by atoms with Gasteiger partial charge in [-0.1, -0.05) is 6.92 Å². The molecule has 0 amide bonds. The molecule has 0 aromatic heterocycles. The summed E-state index contributed by atoms with van der Waals surface area (Å²) in [6.45, 7) is 3.44. The number of hydrogen-bond donors (Lipinski definition) is 2. The van der Waals surface area contributed by atoms with Crippen molar-refractivity contribution in [2.24, 2.45) is 0 Å². The zero-order chi connectivity index (χ0) is 12.2. The summed E-state index contributed by atoms with van der Waals surface area (Å²) in [6.07, 6.45) is 0.475. The Morgan fingerprint density at radius 2 is 2.06 bits per heavy atom. The van der Waals surface area contributed by atoms with E-state index in [4.69, 9.17) is 10.4 Å². The lowest BCUT2D eigenvalue weighted by molar-refractivity contribution is -0.141. The van der Waals surface area contributed by atoms with Gasteiger partial charge in [-0.25, -0.2) is 4.79 Å².